The van der Waals surface area contributed by atoms with Crippen molar-refractivity contribution in [3.63, 3.8) is 0 Å². The number of nitrogens with zero attached hydrogens (tertiary/aromatic N) is 2. The van der Waals surface area contributed by atoms with Crippen molar-refractivity contribution in [3.8, 4) is 11.5 Å². The Morgan fingerprint density at radius 1 is 1.07 bits per heavy atom. The number of benzene rings is 3. The molecule has 0 aromatic heterocycles. The van der Waals surface area contributed by atoms with Gasteiger partial charge >= 0.3 is 5.97 Å². The van der Waals surface area contributed by atoms with Crippen LogP contribution in [0.1, 0.15) is 29.8 Å². The minimum absolute atomic E-state index is 0.275. The van der Waals surface area contributed by atoms with E-state index in [9.17, 15) is 14.4 Å². The lowest BCUT2D eigenvalue weighted by molar-refractivity contribution is -0.118. The number of halogens is 3. The molecule has 0 atom stereocenters. The van der Waals surface area contributed by atoms with E-state index in [1.165, 1.54) is 12.1 Å². The third kappa shape index (κ3) is 7.08. The van der Waals surface area contributed by atoms with Gasteiger partial charge in [-0.15, -0.1) is 0 Å². The number of carbonyl (C=O) groups is 3. The molecule has 0 aliphatic carbocycles. The summed E-state index contributed by atoms with van der Waals surface area (Å²) < 4.78 is 16.7. The molecule has 1 aliphatic rings. The van der Waals surface area contributed by atoms with E-state index in [-0.39, 0.29) is 19.1 Å². The fourth-order valence-electron chi connectivity index (χ4n) is 3.84. The van der Waals surface area contributed by atoms with Crippen LogP contribution in [0.4, 0.5) is 11.4 Å². The molecule has 4 rings (SSSR count). The second kappa shape index (κ2) is 13.2. The lowest BCUT2D eigenvalue weighted by atomic mass is 10.1. The summed E-state index contributed by atoms with van der Waals surface area (Å²) in [4.78, 5) is 37.5. The molecule has 9 nitrogen and oxygen atoms in total. The van der Waals surface area contributed by atoms with Crippen LogP contribution in [0, 0.1) is 0 Å². The second-order valence-electron chi connectivity index (χ2n) is 8.63. The van der Waals surface area contributed by atoms with Gasteiger partial charge in [-0.3, -0.25) is 9.59 Å². The third-order valence-electron chi connectivity index (χ3n) is 5.80. The zero-order valence-electron chi connectivity index (χ0n) is 22.2. The lowest BCUT2D eigenvalue weighted by Gasteiger charge is -2.14. The molecule has 1 aliphatic heterocycles. The summed E-state index contributed by atoms with van der Waals surface area (Å²) in [6.07, 6.45) is 1.68. The molecule has 0 fully saturated rings. The van der Waals surface area contributed by atoms with Gasteiger partial charge in [-0.25, -0.2) is 4.79 Å². The number of carbonyl (C=O) groups excluding carboxylic acids is 3. The van der Waals surface area contributed by atoms with Gasteiger partial charge in [-0.2, -0.15) is 10.1 Å². The van der Waals surface area contributed by atoms with Crippen molar-refractivity contribution in [1.82, 2.24) is 0 Å². The summed E-state index contributed by atoms with van der Waals surface area (Å²) in [5.74, 6) is -0.529. The third-order valence-corrected chi connectivity index (χ3v) is 7.13. The molecule has 0 unspecified atom stereocenters. The Morgan fingerprint density at radius 2 is 1.80 bits per heavy atom. The minimum atomic E-state index is -0.437. The molecule has 0 spiro atoms. The van der Waals surface area contributed by atoms with Crippen LogP contribution < -0.4 is 19.8 Å². The summed E-state index contributed by atoms with van der Waals surface area (Å²) in [7, 11) is 1.47. The number of hydrogen-bond donors (Lipinski definition) is 1. The molecule has 3 aromatic rings. The summed E-state index contributed by atoms with van der Waals surface area (Å²) in [5, 5.41) is 9.03. The predicted octanol–water partition coefficient (Wildman–Crippen LogP) is 6.76. The Labute approximate surface area is 254 Å². The second-order valence-corrected chi connectivity index (χ2v) is 10.3. The number of nitrogens with one attached hydrogen (secondary N) is 1. The molecular weight excluding hydrogens is 637 g/mol. The first-order chi connectivity index (χ1) is 19.6. The molecule has 0 saturated heterocycles. The van der Waals surface area contributed by atoms with Gasteiger partial charge in [0.05, 0.1) is 50.8 Å². The van der Waals surface area contributed by atoms with Gasteiger partial charge in [0, 0.05) is 5.69 Å². The van der Waals surface area contributed by atoms with Crippen LogP contribution in [0.3, 0.4) is 0 Å². The number of rotatable bonds is 9. The first-order valence-electron chi connectivity index (χ1n) is 12.3. The minimum Gasteiger partial charge on any atom is -0.493 e. The van der Waals surface area contributed by atoms with Crippen LogP contribution in [0.25, 0.3) is 6.08 Å². The molecule has 0 radical (unpaired) electrons. The van der Waals surface area contributed by atoms with E-state index in [0.717, 1.165) is 0 Å². The van der Waals surface area contributed by atoms with E-state index in [0.29, 0.717) is 59.8 Å². The first-order valence-corrected chi connectivity index (χ1v) is 13.8. The van der Waals surface area contributed by atoms with E-state index in [2.05, 4.69) is 26.3 Å². The van der Waals surface area contributed by atoms with Crippen LogP contribution in [-0.4, -0.2) is 43.8 Å². The van der Waals surface area contributed by atoms with Crippen LogP contribution in [0.5, 0.6) is 11.5 Å². The molecule has 2 amide bonds. The maximum atomic E-state index is 13.2. The average Bonchev–Trinajstić information content (AvgIpc) is 3.22. The van der Waals surface area contributed by atoms with Crippen molar-refractivity contribution in [2.45, 2.75) is 13.8 Å². The molecule has 0 saturated carbocycles. The summed E-state index contributed by atoms with van der Waals surface area (Å²) in [5.41, 5.74) is 2.90. The first kappa shape index (κ1) is 30.1. The Hall–Kier alpha value is -3.86. The monoisotopic (exact) mass is 659 g/mol. The predicted molar refractivity (Wildman–Crippen MR) is 162 cm³/mol. The number of esters is 1. The van der Waals surface area contributed by atoms with Gasteiger partial charge in [-0.1, -0.05) is 23.2 Å². The highest BCUT2D eigenvalue weighted by atomic mass is 79.9. The zero-order valence-corrected chi connectivity index (χ0v) is 25.3. The molecule has 0 bridgehead atoms. The van der Waals surface area contributed by atoms with Crippen LogP contribution in [0.15, 0.2) is 69.7 Å². The average molecular weight is 661 g/mol. The maximum Gasteiger partial charge on any atom is 0.338 e. The summed E-state index contributed by atoms with van der Waals surface area (Å²) in [6, 6.07) is 14.6. The molecule has 12 heteroatoms. The van der Waals surface area contributed by atoms with E-state index >= 15 is 0 Å². The molecule has 1 N–H and O–H groups in total. The van der Waals surface area contributed by atoms with E-state index in [4.69, 9.17) is 37.4 Å². The van der Waals surface area contributed by atoms with Crippen molar-refractivity contribution >= 4 is 80.1 Å². The van der Waals surface area contributed by atoms with Crippen molar-refractivity contribution in [2.75, 3.05) is 30.6 Å². The molecular formula is C29H24BrCl2N3O6. The molecule has 3 aromatic carbocycles. The standard InChI is InChI=1S/C29H24BrCl2N3O6/c1-4-40-29(38)18-5-7-19(8-6-18)33-26(36)15-41-27-22(30)12-17(13-25(27)39-3)11-21-16(2)34-35(28(21)37)20-9-10-23(31)24(32)14-20/h5-14H,4,15H2,1-3H3,(H,33,36)/b21-11-. The fourth-order valence-corrected chi connectivity index (χ4v) is 4.71. The number of methoxy groups -OCH3 is 1. The van der Waals surface area contributed by atoms with Crippen LogP contribution >= 0.6 is 39.1 Å². The van der Waals surface area contributed by atoms with E-state index in [1.807, 2.05) is 0 Å². The Morgan fingerprint density at radius 3 is 2.46 bits per heavy atom. The van der Waals surface area contributed by atoms with Gasteiger partial charge in [0.15, 0.2) is 18.1 Å². The SMILES string of the molecule is CCOC(=O)c1ccc(NC(=O)COc2c(Br)cc(/C=C3\C(=O)N(c4ccc(Cl)c(Cl)c4)N=C3C)cc2OC)cc1. The largest absolute Gasteiger partial charge is 0.493 e. The highest BCUT2D eigenvalue weighted by molar-refractivity contribution is 9.10. The fraction of sp³-hybridized carbons (Fsp3) is 0.172. The highest BCUT2D eigenvalue weighted by Crippen LogP contribution is 2.38. The zero-order chi connectivity index (χ0) is 29.7. The smallest absolute Gasteiger partial charge is 0.338 e. The lowest BCUT2D eigenvalue weighted by Crippen LogP contribution is -2.21. The Kier molecular flexibility index (Phi) is 9.69. The maximum absolute atomic E-state index is 13.2. The van der Waals surface area contributed by atoms with E-state index in [1.54, 1.807) is 74.5 Å². The number of hydrazone groups is 1. The van der Waals surface area contributed by atoms with Gasteiger partial charge in [0.1, 0.15) is 0 Å². The topological polar surface area (TPSA) is 107 Å². The Bertz CT molecular complexity index is 1570. The van der Waals surface area contributed by atoms with Crippen molar-refractivity contribution in [2.24, 2.45) is 5.10 Å². The number of amides is 2. The van der Waals surface area contributed by atoms with Gasteiger partial charge < -0.3 is 19.5 Å². The number of ether oxygens (including phenoxy) is 3. The Balaban J connectivity index is 1.45. The van der Waals surface area contributed by atoms with Crippen molar-refractivity contribution in [3.05, 3.63) is 85.8 Å². The van der Waals surface area contributed by atoms with Gasteiger partial charge in [-0.05, 0) is 96.0 Å². The number of anilines is 2. The van der Waals surface area contributed by atoms with Gasteiger partial charge in [0.2, 0.25) is 0 Å². The molecule has 212 valence electrons. The molecule has 1 heterocycles. The van der Waals surface area contributed by atoms with Crippen LogP contribution in [0.2, 0.25) is 10.0 Å². The van der Waals surface area contributed by atoms with Crippen molar-refractivity contribution in [1.29, 1.82) is 0 Å². The number of hydrogen-bond acceptors (Lipinski definition) is 7. The van der Waals surface area contributed by atoms with E-state index < -0.39 is 11.9 Å². The summed E-state index contributed by atoms with van der Waals surface area (Å²) >= 11 is 15.6. The summed E-state index contributed by atoms with van der Waals surface area (Å²) in [6.45, 7) is 3.42. The normalized spacial score (nSPS) is 13.7. The van der Waals surface area contributed by atoms with Crippen LogP contribution in [-0.2, 0) is 14.3 Å². The van der Waals surface area contributed by atoms with Gasteiger partial charge in [0.25, 0.3) is 11.8 Å². The highest BCUT2D eigenvalue weighted by Gasteiger charge is 2.29. The quantitative estimate of drug-likeness (QED) is 0.201. The molecule has 41 heavy (non-hydrogen) atoms. The van der Waals surface area contributed by atoms with Crippen molar-refractivity contribution < 1.29 is 28.6 Å².